The Morgan fingerprint density at radius 2 is 2.27 bits per heavy atom. The van der Waals surface area contributed by atoms with Crippen molar-refractivity contribution in [1.82, 2.24) is 14.5 Å². The minimum atomic E-state index is -0.556. The molecule has 1 aliphatic rings. The molecule has 2 unspecified atom stereocenters. The molecule has 0 aliphatic carbocycles. The number of piperidine rings is 1. The molecular weight excluding hydrogens is 310 g/mol. The van der Waals surface area contributed by atoms with E-state index in [1.165, 1.54) is 10.8 Å². The van der Waals surface area contributed by atoms with E-state index in [0.29, 0.717) is 24.8 Å². The third-order valence-corrected chi connectivity index (χ3v) is 4.03. The fourth-order valence-electron chi connectivity index (χ4n) is 2.78. The molecule has 22 heavy (non-hydrogen) atoms. The molecule has 0 saturated carbocycles. The lowest BCUT2D eigenvalue weighted by Gasteiger charge is -2.38. The molecule has 0 radical (unpaired) electrons. The molecular formula is C13H22ClN5O3. The highest BCUT2D eigenvalue weighted by Crippen LogP contribution is 2.22. The lowest BCUT2D eigenvalue weighted by molar-refractivity contribution is -0.389. The van der Waals surface area contributed by atoms with Crippen molar-refractivity contribution in [3.05, 3.63) is 22.1 Å². The third kappa shape index (κ3) is 3.95. The summed E-state index contributed by atoms with van der Waals surface area (Å²) in [5.41, 5.74) is 5.76. The summed E-state index contributed by atoms with van der Waals surface area (Å²) in [5.74, 6) is 0.735. The number of carbonyl (C=O) groups is 1. The van der Waals surface area contributed by atoms with Crippen LogP contribution in [-0.2, 0) is 11.3 Å². The van der Waals surface area contributed by atoms with Crippen LogP contribution in [0.5, 0.6) is 0 Å². The highest BCUT2D eigenvalue weighted by atomic mass is 35.5. The zero-order chi connectivity index (χ0) is 15.6. The molecule has 1 saturated heterocycles. The van der Waals surface area contributed by atoms with Crippen LogP contribution >= 0.6 is 12.4 Å². The van der Waals surface area contributed by atoms with Gasteiger partial charge in [0.2, 0.25) is 11.7 Å². The zero-order valence-corrected chi connectivity index (χ0v) is 13.6. The average molecular weight is 332 g/mol. The van der Waals surface area contributed by atoms with Crippen molar-refractivity contribution in [3.63, 3.8) is 0 Å². The standard InChI is InChI=1S/C13H21N5O3.ClH/c1-9-3-4-17(11(5-9)6-14)13(19)8-16-7-12(18(20)21)15-10(16)2;/h7,9,11H,3-6,8,14H2,1-2H3;1H. The van der Waals surface area contributed by atoms with E-state index in [1.807, 2.05) is 0 Å². The second-order valence-corrected chi connectivity index (χ2v) is 5.64. The number of nitrogens with two attached hydrogens (primary N) is 1. The van der Waals surface area contributed by atoms with E-state index in [9.17, 15) is 14.9 Å². The van der Waals surface area contributed by atoms with E-state index in [2.05, 4.69) is 11.9 Å². The summed E-state index contributed by atoms with van der Waals surface area (Å²) in [7, 11) is 0. The maximum Gasteiger partial charge on any atom is 0.381 e. The molecule has 1 aromatic heterocycles. The maximum atomic E-state index is 12.4. The highest BCUT2D eigenvalue weighted by molar-refractivity contribution is 5.85. The number of amides is 1. The molecule has 1 aromatic rings. The van der Waals surface area contributed by atoms with Gasteiger partial charge in [0, 0.05) is 26.1 Å². The number of aromatic nitrogens is 2. The van der Waals surface area contributed by atoms with Gasteiger partial charge in [-0.3, -0.25) is 9.36 Å². The summed E-state index contributed by atoms with van der Waals surface area (Å²) < 4.78 is 1.52. The van der Waals surface area contributed by atoms with Crippen LogP contribution in [-0.4, -0.2) is 44.4 Å². The zero-order valence-electron chi connectivity index (χ0n) is 12.8. The van der Waals surface area contributed by atoms with E-state index < -0.39 is 4.92 Å². The van der Waals surface area contributed by atoms with Gasteiger partial charge in [-0.2, -0.15) is 0 Å². The predicted molar refractivity (Wildman–Crippen MR) is 83.8 cm³/mol. The first kappa shape index (κ1) is 18.4. The molecule has 2 rings (SSSR count). The van der Waals surface area contributed by atoms with Gasteiger partial charge in [0.25, 0.3) is 0 Å². The second-order valence-electron chi connectivity index (χ2n) is 5.64. The number of likely N-dealkylation sites (tertiary alicyclic amines) is 1. The highest BCUT2D eigenvalue weighted by Gasteiger charge is 2.29. The Morgan fingerprint density at radius 3 is 2.82 bits per heavy atom. The molecule has 0 aromatic carbocycles. The number of carbonyl (C=O) groups excluding carboxylic acids is 1. The van der Waals surface area contributed by atoms with Gasteiger partial charge in [0.1, 0.15) is 12.7 Å². The number of imidazole rings is 1. The quantitative estimate of drug-likeness (QED) is 0.656. The lowest BCUT2D eigenvalue weighted by atomic mass is 9.92. The molecule has 1 amide bonds. The van der Waals surface area contributed by atoms with Gasteiger partial charge in [-0.15, -0.1) is 12.4 Å². The van der Waals surface area contributed by atoms with Crippen LogP contribution in [0.3, 0.4) is 0 Å². The molecule has 0 bridgehead atoms. The molecule has 0 spiro atoms. The smallest absolute Gasteiger partial charge is 0.358 e. The number of nitrogens with zero attached hydrogens (tertiary/aromatic N) is 4. The van der Waals surface area contributed by atoms with Gasteiger partial charge >= 0.3 is 5.82 Å². The number of aryl methyl sites for hydroxylation is 1. The Bertz CT molecular complexity index is 548. The third-order valence-electron chi connectivity index (χ3n) is 4.03. The van der Waals surface area contributed by atoms with E-state index in [0.717, 1.165) is 12.8 Å². The van der Waals surface area contributed by atoms with Crippen LogP contribution in [0.4, 0.5) is 5.82 Å². The van der Waals surface area contributed by atoms with Gasteiger partial charge in [0.15, 0.2) is 0 Å². The Morgan fingerprint density at radius 1 is 1.59 bits per heavy atom. The minimum Gasteiger partial charge on any atom is -0.358 e. The van der Waals surface area contributed by atoms with Crippen molar-refractivity contribution >= 4 is 24.1 Å². The van der Waals surface area contributed by atoms with Crippen LogP contribution in [0.1, 0.15) is 25.6 Å². The van der Waals surface area contributed by atoms with Gasteiger partial charge in [-0.1, -0.05) is 6.92 Å². The van der Waals surface area contributed by atoms with Gasteiger partial charge < -0.3 is 20.7 Å². The van der Waals surface area contributed by atoms with Gasteiger partial charge in [0.05, 0.1) is 0 Å². The van der Waals surface area contributed by atoms with Gasteiger partial charge in [-0.05, 0) is 28.7 Å². The molecule has 1 aliphatic heterocycles. The largest absolute Gasteiger partial charge is 0.381 e. The number of nitro groups is 1. The van der Waals surface area contributed by atoms with Gasteiger partial charge in [-0.25, -0.2) is 0 Å². The Kier molecular flexibility index (Phi) is 6.31. The number of rotatable bonds is 4. The van der Waals surface area contributed by atoms with E-state index in [4.69, 9.17) is 5.73 Å². The number of hydrogen-bond acceptors (Lipinski definition) is 5. The minimum absolute atomic E-state index is 0. The first-order chi connectivity index (χ1) is 9.92. The lowest BCUT2D eigenvalue weighted by Crippen LogP contribution is -2.50. The number of hydrogen-bond donors (Lipinski definition) is 1. The van der Waals surface area contributed by atoms with Crippen LogP contribution in [0.25, 0.3) is 0 Å². The van der Waals surface area contributed by atoms with Crippen molar-refractivity contribution in [2.45, 2.75) is 39.3 Å². The normalized spacial score (nSPS) is 21.3. The topological polar surface area (TPSA) is 107 Å². The Balaban J connectivity index is 0.00000242. The van der Waals surface area contributed by atoms with Crippen LogP contribution < -0.4 is 5.73 Å². The van der Waals surface area contributed by atoms with Crippen molar-refractivity contribution in [2.75, 3.05) is 13.1 Å². The summed E-state index contributed by atoms with van der Waals surface area (Å²) in [5, 5.41) is 10.7. The fourth-order valence-corrected chi connectivity index (χ4v) is 2.78. The van der Waals surface area contributed by atoms with E-state index >= 15 is 0 Å². The fraction of sp³-hybridized carbons (Fsp3) is 0.692. The summed E-state index contributed by atoms with van der Waals surface area (Å²) >= 11 is 0. The van der Waals surface area contributed by atoms with Crippen molar-refractivity contribution in [3.8, 4) is 0 Å². The molecule has 2 heterocycles. The monoisotopic (exact) mass is 331 g/mol. The van der Waals surface area contributed by atoms with Crippen LogP contribution in [0, 0.1) is 23.0 Å². The Labute approximate surface area is 135 Å². The molecule has 2 N–H and O–H groups in total. The molecule has 1 fully saturated rings. The summed E-state index contributed by atoms with van der Waals surface area (Å²) in [6.07, 6.45) is 3.17. The first-order valence-corrected chi connectivity index (χ1v) is 7.10. The first-order valence-electron chi connectivity index (χ1n) is 7.10. The van der Waals surface area contributed by atoms with Crippen LogP contribution in [0.15, 0.2) is 6.20 Å². The molecule has 124 valence electrons. The van der Waals surface area contributed by atoms with Crippen LogP contribution in [0.2, 0.25) is 0 Å². The average Bonchev–Trinajstić information content (AvgIpc) is 2.80. The van der Waals surface area contributed by atoms with Crippen molar-refractivity contribution < 1.29 is 9.72 Å². The second kappa shape index (κ2) is 7.55. The predicted octanol–water partition coefficient (Wildman–Crippen LogP) is 1.11. The summed E-state index contributed by atoms with van der Waals surface area (Å²) in [4.78, 5) is 28.2. The molecule has 2 atom stereocenters. The summed E-state index contributed by atoms with van der Waals surface area (Å²) in [6.45, 7) is 5.02. The van der Waals surface area contributed by atoms with E-state index in [1.54, 1.807) is 11.8 Å². The molecule has 8 nitrogen and oxygen atoms in total. The van der Waals surface area contributed by atoms with E-state index in [-0.39, 0.29) is 36.7 Å². The van der Waals surface area contributed by atoms with Crippen molar-refractivity contribution in [1.29, 1.82) is 0 Å². The maximum absolute atomic E-state index is 12.4. The Hall–Kier alpha value is -1.67. The summed E-state index contributed by atoms with van der Waals surface area (Å²) in [6, 6.07) is 0.0556. The number of halogens is 1. The molecule has 9 heteroatoms. The van der Waals surface area contributed by atoms with Crippen molar-refractivity contribution in [2.24, 2.45) is 11.7 Å². The SMILES string of the molecule is Cc1nc([N+](=O)[O-])cn1CC(=O)N1CCC(C)CC1CN.Cl.